The molecular formula is C34H49NO5. The molecule has 0 aromatic heterocycles. The Morgan fingerprint density at radius 2 is 1.90 bits per heavy atom. The number of carbonyl (C=O) groups is 3. The SMILES string of the molecule is CC(C)c1ccc2c(c1)CCC1C(C)(C(N)=O)CCCC21C.CCCC=CC=CC1CC(O)C(O)C(=O)C1C=O. The highest BCUT2D eigenvalue weighted by molar-refractivity contribution is 5.97. The summed E-state index contributed by atoms with van der Waals surface area (Å²) >= 11 is 0. The summed E-state index contributed by atoms with van der Waals surface area (Å²) in [5, 5.41) is 18.9. The summed E-state index contributed by atoms with van der Waals surface area (Å²) in [6.07, 6.45) is 13.1. The maximum Gasteiger partial charge on any atom is 0.223 e. The second-order valence-electron chi connectivity index (χ2n) is 12.8. The third kappa shape index (κ3) is 6.49. The van der Waals surface area contributed by atoms with Gasteiger partial charge in [0.15, 0.2) is 5.78 Å². The molecule has 0 bridgehead atoms. The quantitative estimate of drug-likeness (QED) is 0.241. The maximum atomic E-state index is 12.2. The van der Waals surface area contributed by atoms with Crippen LogP contribution in [-0.4, -0.2) is 40.4 Å². The number of unbranched alkanes of at least 4 members (excludes halogenated alkanes) is 1. The molecule has 1 aromatic carbocycles. The van der Waals surface area contributed by atoms with E-state index >= 15 is 0 Å². The van der Waals surface area contributed by atoms with Crippen LogP contribution >= 0.6 is 0 Å². The van der Waals surface area contributed by atoms with Crippen molar-refractivity contribution in [3.8, 4) is 0 Å². The van der Waals surface area contributed by atoms with Crippen LogP contribution in [0.15, 0.2) is 42.5 Å². The fourth-order valence-electron chi connectivity index (χ4n) is 7.23. The van der Waals surface area contributed by atoms with Gasteiger partial charge in [-0.25, -0.2) is 0 Å². The van der Waals surface area contributed by atoms with Gasteiger partial charge in [0.2, 0.25) is 5.91 Å². The molecule has 2 fully saturated rings. The van der Waals surface area contributed by atoms with Crippen molar-refractivity contribution in [2.24, 2.45) is 28.9 Å². The number of aldehydes is 1. The molecule has 4 N–H and O–H groups in total. The number of aliphatic hydroxyl groups is 2. The molecule has 6 nitrogen and oxygen atoms in total. The van der Waals surface area contributed by atoms with E-state index in [9.17, 15) is 24.6 Å². The highest BCUT2D eigenvalue weighted by atomic mass is 16.3. The lowest BCUT2D eigenvalue weighted by molar-refractivity contribution is -0.146. The number of rotatable bonds is 7. The zero-order valence-corrected chi connectivity index (χ0v) is 24.9. The Balaban J connectivity index is 0.000000226. The molecule has 1 aromatic rings. The smallest absolute Gasteiger partial charge is 0.223 e. The second kappa shape index (κ2) is 13.4. The van der Waals surface area contributed by atoms with Crippen LogP contribution in [0.1, 0.15) is 102 Å². The van der Waals surface area contributed by atoms with E-state index in [1.807, 2.05) is 12.2 Å². The van der Waals surface area contributed by atoms with E-state index in [1.165, 1.54) is 23.1 Å². The average Bonchev–Trinajstić information content (AvgIpc) is 2.91. The second-order valence-corrected chi connectivity index (χ2v) is 12.8. The van der Waals surface area contributed by atoms with Crippen LogP contribution in [-0.2, 0) is 26.2 Å². The van der Waals surface area contributed by atoms with Gasteiger partial charge < -0.3 is 20.7 Å². The molecule has 0 aliphatic heterocycles. The van der Waals surface area contributed by atoms with Crippen molar-refractivity contribution >= 4 is 18.0 Å². The Hall–Kier alpha value is -2.57. The van der Waals surface area contributed by atoms with Crippen LogP contribution in [0.25, 0.3) is 0 Å². The zero-order valence-electron chi connectivity index (χ0n) is 24.9. The summed E-state index contributed by atoms with van der Waals surface area (Å²) in [5.41, 5.74) is 9.97. The van der Waals surface area contributed by atoms with Gasteiger partial charge in [0.25, 0.3) is 0 Å². The zero-order chi connectivity index (χ0) is 29.7. The lowest BCUT2D eigenvalue weighted by Crippen LogP contribution is -2.54. The number of amides is 1. The third-order valence-electron chi connectivity index (χ3n) is 9.77. The van der Waals surface area contributed by atoms with Crippen LogP contribution in [0.2, 0.25) is 0 Å². The number of fused-ring (bicyclic) bond motifs is 3. The molecule has 7 atom stereocenters. The first-order valence-electron chi connectivity index (χ1n) is 15.0. The van der Waals surface area contributed by atoms with Gasteiger partial charge in [-0.05, 0) is 78.4 Å². The predicted octanol–water partition coefficient (Wildman–Crippen LogP) is 5.33. The summed E-state index contributed by atoms with van der Waals surface area (Å²) < 4.78 is 0. The van der Waals surface area contributed by atoms with Gasteiger partial charge in [0.05, 0.1) is 12.0 Å². The molecule has 2 saturated carbocycles. The lowest BCUT2D eigenvalue weighted by Gasteiger charge is -2.54. The number of hydrogen-bond acceptors (Lipinski definition) is 5. The highest BCUT2D eigenvalue weighted by Crippen LogP contribution is 2.57. The van der Waals surface area contributed by atoms with Crippen LogP contribution in [0.5, 0.6) is 0 Å². The van der Waals surface area contributed by atoms with E-state index in [0.29, 0.717) is 18.1 Å². The van der Waals surface area contributed by atoms with E-state index in [0.717, 1.165) is 38.5 Å². The van der Waals surface area contributed by atoms with Crippen molar-refractivity contribution in [3.63, 3.8) is 0 Å². The number of hydrogen-bond donors (Lipinski definition) is 3. The molecular weight excluding hydrogens is 502 g/mol. The number of primary amides is 1. The first-order valence-corrected chi connectivity index (χ1v) is 15.0. The molecule has 0 saturated heterocycles. The summed E-state index contributed by atoms with van der Waals surface area (Å²) in [4.78, 5) is 34.7. The Morgan fingerprint density at radius 1 is 1.18 bits per heavy atom. The van der Waals surface area contributed by atoms with Gasteiger partial charge >= 0.3 is 0 Å². The predicted molar refractivity (Wildman–Crippen MR) is 159 cm³/mol. The minimum Gasteiger partial charge on any atom is -0.390 e. The van der Waals surface area contributed by atoms with Gasteiger partial charge in [0.1, 0.15) is 12.4 Å². The van der Waals surface area contributed by atoms with E-state index in [2.05, 4.69) is 52.8 Å². The summed E-state index contributed by atoms with van der Waals surface area (Å²) in [7, 11) is 0. The van der Waals surface area contributed by atoms with E-state index in [4.69, 9.17) is 5.73 Å². The highest BCUT2D eigenvalue weighted by Gasteiger charge is 2.54. The molecule has 3 aliphatic carbocycles. The monoisotopic (exact) mass is 551 g/mol. The molecule has 4 rings (SSSR count). The average molecular weight is 552 g/mol. The molecule has 0 heterocycles. The van der Waals surface area contributed by atoms with Crippen molar-refractivity contribution in [2.75, 3.05) is 0 Å². The largest absolute Gasteiger partial charge is 0.390 e. The number of carbonyl (C=O) groups excluding carboxylic acids is 3. The van der Waals surface area contributed by atoms with Gasteiger partial charge in [-0.2, -0.15) is 0 Å². The molecule has 40 heavy (non-hydrogen) atoms. The van der Waals surface area contributed by atoms with E-state index in [1.54, 1.807) is 12.2 Å². The normalized spacial score (nSPS) is 33.8. The maximum absolute atomic E-state index is 12.2. The molecule has 7 unspecified atom stereocenters. The van der Waals surface area contributed by atoms with Gasteiger partial charge in [0, 0.05) is 5.41 Å². The number of aliphatic hydroxyl groups excluding tert-OH is 2. The van der Waals surface area contributed by atoms with Crippen LogP contribution < -0.4 is 5.73 Å². The molecule has 0 spiro atoms. The van der Waals surface area contributed by atoms with Crippen molar-refractivity contribution < 1.29 is 24.6 Å². The topological polar surface area (TPSA) is 118 Å². The van der Waals surface area contributed by atoms with E-state index in [-0.39, 0.29) is 29.1 Å². The first-order chi connectivity index (χ1) is 18.9. The van der Waals surface area contributed by atoms with Crippen LogP contribution in [0.3, 0.4) is 0 Å². The summed E-state index contributed by atoms with van der Waals surface area (Å²) in [6, 6.07) is 7.02. The number of ketones is 1. The van der Waals surface area contributed by atoms with Crippen LogP contribution in [0.4, 0.5) is 0 Å². The molecule has 3 aliphatic rings. The van der Waals surface area contributed by atoms with Crippen molar-refractivity contribution in [1.29, 1.82) is 0 Å². The Morgan fingerprint density at radius 3 is 2.52 bits per heavy atom. The summed E-state index contributed by atoms with van der Waals surface area (Å²) in [5.74, 6) is -0.928. The Labute approximate surface area is 240 Å². The minimum absolute atomic E-state index is 0.102. The van der Waals surface area contributed by atoms with Crippen molar-refractivity contribution in [3.05, 3.63) is 59.2 Å². The number of allylic oxidation sites excluding steroid dienone is 4. The Kier molecular flexibility index (Phi) is 10.7. The van der Waals surface area contributed by atoms with Gasteiger partial charge in [-0.1, -0.05) is 90.0 Å². The third-order valence-corrected chi connectivity index (χ3v) is 9.77. The Bertz CT molecular complexity index is 1120. The van der Waals surface area contributed by atoms with Gasteiger partial charge in [-0.15, -0.1) is 0 Å². The fraction of sp³-hybridized carbons (Fsp3) is 0.618. The first kappa shape index (κ1) is 32.0. The molecule has 6 heteroatoms. The fourth-order valence-corrected chi connectivity index (χ4v) is 7.23. The van der Waals surface area contributed by atoms with E-state index < -0.39 is 23.9 Å². The molecule has 1 amide bonds. The number of Topliss-reactive ketones (excluding diaryl/α,β-unsaturated/α-hetero) is 1. The number of nitrogens with two attached hydrogens (primary N) is 1. The number of benzene rings is 1. The molecule has 0 radical (unpaired) electrons. The van der Waals surface area contributed by atoms with Gasteiger partial charge in [-0.3, -0.25) is 9.59 Å². The molecule has 220 valence electrons. The minimum atomic E-state index is -1.43. The lowest BCUT2D eigenvalue weighted by atomic mass is 9.49. The summed E-state index contributed by atoms with van der Waals surface area (Å²) in [6.45, 7) is 11.0. The van der Waals surface area contributed by atoms with Crippen molar-refractivity contribution in [2.45, 2.75) is 110 Å². The van der Waals surface area contributed by atoms with Crippen LogP contribution in [0, 0.1) is 23.2 Å². The number of aryl methyl sites for hydroxylation is 1. The standard InChI is InChI=1S/C20H29NO.C14H20O4/c1-13(2)14-6-8-16-15(12-14)7-9-17-19(16,3)10-5-11-20(17,4)18(21)22;1-2-3-4-5-6-7-10-8-12(16)14(18)13(17)11(10)9-15/h6,8,12-13,17H,5,7,9-11H2,1-4H3,(H2,21,22);4-7,9-12,14,16,18H,2-3,8H2,1H3. The van der Waals surface area contributed by atoms with Crippen molar-refractivity contribution in [1.82, 2.24) is 0 Å².